The van der Waals surface area contributed by atoms with Crippen LogP contribution in [-0.4, -0.2) is 14.8 Å². The number of aromatic nitrogens is 3. The van der Waals surface area contributed by atoms with E-state index in [1.165, 1.54) is 21.6 Å². The summed E-state index contributed by atoms with van der Waals surface area (Å²) in [6, 6.07) is 13.4. The zero-order chi connectivity index (χ0) is 19.1. The Morgan fingerprint density at radius 1 is 1.04 bits per heavy atom. The first-order chi connectivity index (χ1) is 12.9. The Labute approximate surface area is 170 Å². The van der Waals surface area contributed by atoms with Gasteiger partial charge in [0.05, 0.1) is 26.3 Å². The summed E-state index contributed by atoms with van der Waals surface area (Å²) in [4.78, 5) is 17.4. The molecule has 0 aliphatic rings. The fourth-order valence-corrected chi connectivity index (χ4v) is 4.12. The van der Waals surface area contributed by atoms with Crippen LogP contribution in [0.3, 0.4) is 0 Å². The Morgan fingerprint density at radius 2 is 1.78 bits per heavy atom. The molecule has 0 spiro atoms. The van der Waals surface area contributed by atoms with Crippen LogP contribution in [-0.2, 0) is 6.54 Å². The van der Waals surface area contributed by atoms with E-state index >= 15 is 0 Å². The van der Waals surface area contributed by atoms with Gasteiger partial charge in [-0.1, -0.05) is 59.1 Å². The van der Waals surface area contributed by atoms with Gasteiger partial charge in [0, 0.05) is 5.56 Å². The molecule has 0 saturated heterocycles. The molecule has 4 nitrogen and oxygen atoms in total. The Kier molecular flexibility index (Phi) is 4.76. The van der Waals surface area contributed by atoms with Crippen molar-refractivity contribution >= 4 is 44.8 Å². The molecule has 2 aromatic carbocycles. The molecule has 136 valence electrons. The van der Waals surface area contributed by atoms with Gasteiger partial charge in [-0.25, -0.2) is 9.67 Å². The molecular formula is C20H15Cl2N3OS. The van der Waals surface area contributed by atoms with Crippen LogP contribution >= 0.6 is 34.5 Å². The van der Waals surface area contributed by atoms with Crippen molar-refractivity contribution in [2.24, 2.45) is 0 Å². The lowest BCUT2D eigenvalue weighted by Crippen LogP contribution is -2.24. The highest BCUT2D eigenvalue weighted by atomic mass is 35.5. The van der Waals surface area contributed by atoms with Crippen molar-refractivity contribution < 1.29 is 0 Å². The summed E-state index contributed by atoms with van der Waals surface area (Å²) in [5.74, 6) is 0. The van der Waals surface area contributed by atoms with E-state index in [1.807, 2.05) is 44.2 Å². The molecule has 0 aliphatic heterocycles. The van der Waals surface area contributed by atoms with Crippen LogP contribution in [0.5, 0.6) is 0 Å². The molecule has 4 aromatic rings. The Hall–Kier alpha value is -2.21. The van der Waals surface area contributed by atoms with E-state index in [1.54, 1.807) is 12.1 Å². The summed E-state index contributed by atoms with van der Waals surface area (Å²) < 4.78 is 2.25. The molecule has 4 rings (SSSR count). The number of hydrogen-bond donors (Lipinski definition) is 0. The predicted octanol–water partition coefficient (Wildman–Crippen LogP) is 5.49. The van der Waals surface area contributed by atoms with Gasteiger partial charge >= 0.3 is 0 Å². The maximum atomic E-state index is 12.9. The van der Waals surface area contributed by atoms with Gasteiger partial charge in [0.2, 0.25) is 0 Å². The van der Waals surface area contributed by atoms with Crippen molar-refractivity contribution in [2.45, 2.75) is 20.4 Å². The normalized spacial score (nSPS) is 11.3. The third-order valence-corrected chi connectivity index (χ3v) is 5.96. The molecule has 0 bridgehead atoms. The van der Waals surface area contributed by atoms with Gasteiger partial charge in [0.1, 0.15) is 5.69 Å². The first-order valence-electron chi connectivity index (χ1n) is 8.31. The fourth-order valence-electron chi connectivity index (χ4n) is 2.88. The molecule has 0 radical (unpaired) electrons. The van der Waals surface area contributed by atoms with E-state index in [4.69, 9.17) is 23.2 Å². The average molecular weight is 416 g/mol. The minimum atomic E-state index is -0.212. The van der Waals surface area contributed by atoms with Crippen molar-refractivity contribution in [3.63, 3.8) is 0 Å². The van der Waals surface area contributed by atoms with Gasteiger partial charge in [-0.3, -0.25) is 4.79 Å². The number of thiazole rings is 1. The molecule has 0 fully saturated rings. The SMILES string of the molecule is Cc1ccc(-c2nn(Cc3ccc(Cl)c(Cl)c3)c(=O)c3nc(C)sc23)cc1. The van der Waals surface area contributed by atoms with Crippen LogP contribution in [0.15, 0.2) is 47.3 Å². The number of fused-ring (bicyclic) bond motifs is 1. The van der Waals surface area contributed by atoms with Gasteiger partial charge in [0.25, 0.3) is 5.56 Å². The first kappa shape index (κ1) is 18.2. The molecule has 0 N–H and O–H groups in total. The van der Waals surface area contributed by atoms with Crippen LogP contribution < -0.4 is 5.56 Å². The van der Waals surface area contributed by atoms with E-state index in [0.29, 0.717) is 22.1 Å². The molecule has 27 heavy (non-hydrogen) atoms. The van der Waals surface area contributed by atoms with E-state index in [2.05, 4.69) is 10.1 Å². The monoisotopic (exact) mass is 415 g/mol. The quantitative estimate of drug-likeness (QED) is 0.444. The highest BCUT2D eigenvalue weighted by molar-refractivity contribution is 7.19. The number of benzene rings is 2. The van der Waals surface area contributed by atoms with Crippen LogP contribution in [0.25, 0.3) is 21.5 Å². The summed E-state index contributed by atoms with van der Waals surface area (Å²) in [5.41, 5.74) is 3.96. The smallest absolute Gasteiger partial charge is 0.265 e. The standard InChI is InChI=1S/C20H15Cl2N3OS/c1-11-3-6-14(7-4-11)17-19-18(23-12(2)27-19)20(26)25(24-17)10-13-5-8-15(21)16(22)9-13/h3-9H,10H2,1-2H3. The molecule has 7 heteroatoms. The second-order valence-electron chi connectivity index (χ2n) is 6.34. The predicted molar refractivity (Wildman–Crippen MR) is 112 cm³/mol. The Morgan fingerprint density at radius 3 is 2.48 bits per heavy atom. The lowest BCUT2D eigenvalue weighted by molar-refractivity contribution is 0.650. The van der Waals surface area contributed by atoms with E-state index in [9.17, 15) is 4.79 Å². The summed E-state index contributed by atoms with van der Waals surface area (Å²) in [5, 5.41) is 6.43. The molecule has 2 heterocycles. The lowest BCUT2D eigenvalue weighted by Gasteiger charge is -2.09. The Balaban J connectivity index is 1.90. The van der Waals surface area contributed by atoms with Gasteiger partial charge < -0.3 is 0 Å². The van der Waals surface area contributed by atoms with Crippen molar-refractivity contribution in [1.82, 2.24) is 14.8 Å². The summed E-state index contributed by atoms with van der Waals surface area (Å²) >= 11 is 13.6. The first-order valence-corrected chi connectivity index (χ1v) is 9.89. The maximum Gasteiger partial charge on any atom is 0.294 e. The van der Waals surface area contributed by atoms with Gasteiger partial charge in [0.15, 0.2) is 5.52 Å². The molecule has 0 unspecified atom stereocenters. The highest BCUT2D eigenvalue weighted by Gasteiger charge is 2.16. The zero-order valence-electron chi connectivity index (χ0n) is 14.7. The van der Waals surface area contributed by atoms with Gasteiger partial charge in [-0.2, -0.15) is 5.10 Å². The van der Waals surface area contributed by atoms with Crippen molar-refractivity contribution in [3.05, 3.63) is 79.0 Å². The van der Waals surface area contributed by atoms with E-state index < -0.39 is 0 Å². The molecule has 0 atom stereocenters. The third kappa shape index (κ3) is 3.50. The summed E-state index contributed by atoms with van der Waals surface area (Å²) in [6.07, 6.45) is 0. The molecular weight excluding hydrogens is 401 g/mol. The van der Waals surface area contributed by atoms with Gasteiger partial charge in [-0.05, 0) is 31.5 Å². The highest BCUT2D eigenvalue weighted by Crippen LogP contribution is 2.30. The minimum Gasteiger partial charge on any atom is -0.265 e. The number of hydrogen-bond acceptors (Lipinski definition) is 4. The molecule has 0 amide bonds. The second-order valence-corrected chi connectivity index (χ2v) is 8.35. The second kappa shape index (κ2) is 7.08. The van der Waals surface area contributed by atoms with Crippen LogP contribution in [0.1, 0.15) is 16.1 Å². The average Bonchev–Trinajstić information content (AvgIpc) is 3.03. The van der Waals surface area contributed by atoms with E-state index in [0.717, 1.165) is 26.5 Å². The largest absolute Gasteiger partial charge is 0.294 e. The summed E-state index contributed by atoms with van der Waals surface area (Å²) in [7, 11) is 0. The van der Waals surface area contributed by atoms with Crippen molar-refractivity contribution in [3.8, 4) is 11.3 Å². The Bertz CT molecular complexity index is 1210. The topological polar surface area (TPSA) is 47.8 Å². The van der Waals surface area contributed by atoms with Crippen LogP contribution in [0, 0.1) is 13.8 Å². The molecule has 2 aromatic heterocycles. The number of aryl methyl sites for hydroxylation is 2. The fraction of sp³-hybridized carbons (Fsp3) is 0.150. The summed E-state index contributed by atoms with van der Waals surface area (Å²) in [6.45, 7) is 4.22. The van der Waals surface area contributed by atoms with Crippen LogP contribution in [0.2, 0.25) is 10.0 Å². The number of halogens is 2. The molecule has 0 saturated carbocycles. The zero-order valence-corrected chi connectivity index (χ0v) is 17.0. The third-order valence-electron chi connectivity index (χ3n) is 4.25. The van der Waals surface area contributed by atoms with Crippen molar-refractivity contribution in [1.29, 1.82) is 0 Å². The molecule has 0 aliphatic carbocycles. The van der Waals surface area contributed by atoms with E-state index in [-0.39, 0.29) is 5.56 Å². The maximum absolute atomic E-state index is 12.9. The van der Waals surface area contributed by atoms with Gasteiger partial charge in [-0.15, -0.1) is 11.3 Å². The number of nitrogens with zero attached hydrogens (tertiary/aromatic N) is 3. The van der Waals surface area contributed by atoms with Crippen molar-refractivity contribution in [2.75, 3.05) is 0 Å². The number of rotatable bonds is 3. The van der Waals surface area contributed by atoms with Crippen LogP contribution in [0.4, 0.5) is 0 Å². The lowest BCUT2D eigenvalue weighted by atomic mass is 10.1. The minimum absolute atomic E-state index is 0.212.